The van der Waals surface area contributed by atoms with Crippen LogP contribution in [0, 0.1) is 0 Å². The predicted molar refractivity (Wildman–Crippen MR) is 95.0 cm³/mol. The van der Waals surface area contributed by atoms with Gasteiger partial charge in [0, 0.05) is 16.9 Å². The van der Waals surface area contributed by atoms with E-state index in [1.807, 2.05) is 31.2 Å². The number of allylic oxidation sites excluding steroid dienone is 1. The van der Waals surface area contributed by atoms with E-state index in [0.29, 0.717) is 0 Å². The monoisotopic (exact) mass is 306 g/mol. The van der Waals surface area contributed by atoms with E-state index in [9.17, 15) is 0 Å². The van der Waals surface area contributed by atoms with Gasteiger partial charge in [-0.3, -0.25) is 0 Å². The lowest BCUT2D eigenvalue weighted by molar-refractivity contribution is 1.06. The Labute approximate surface area is 135 Å². The van der Waals surface area contributed by atoms with Crippen LogP contribution in [0.4, 0.5) is 0 Å². The molecule has 2 aromatic carbocycles. The summed E-state index contributed by atoms with van der Waals surface area (Å²) < 4.78 is 0. The average molecular weight is 306 g/mol. The van der Waals surface area contributed by atoms with Crippen molar-refractivity contribution in [3.05, 3.63) is 72.8 Å². The van der Waals surface area contributed by atoms with Gasteiger partial charge < -0.3 is 4.98 Å². The Hall–Kier alpha value is -2.26. The van der Waals surface area contributed by atoms with Crippen LogP contribution in [0.15, 0.2) is 78.0 Å². The molecule has 0 unspecified atom stereocenters. The molecule has 0 fully saturated rings. The van der Waals surface area contributed by atoms with E-state index in [1.54, 1.807) is 11.8 Å². The van der Waals surface area contributed by atoms with Crippen LogP contribution in [0.5, 0.6) is 0 Å². The molecule has 3 heteroatoms. The van der Waals surface area contributed by atoms with Crippen molar-refractivity contribution in [2.75, 3.05) is 5.75 Å². The molecule has 0 saturated heterocycles. The van der Waals surface area contributed by atoms with Crippen molar-refractivity contribution in [1.29, 1.82) is 0 Å². The summed E-state index contributed by atoms with van der Waals surface area (Å²) in [4.78, 5) is 8.28. The lowest BCUT2D eigenvalue weighted by Crippen LogP contribution is -1.82. The van der Waals surface area contributed by atoms with Crippen LogP contribution in [0.25, 0.3) is 22.5 Å². The van der Waals surface area contributed by atoms with Crippen LogP contribution in [-0.4, -0.2) is 15.7 Å². The van der Waals surface area contributed by atoms with Gasteiger partial charge in [0.1, 0.15) is 0 Å². The lowest BCUT2D eigenvalue weighted by Gasteiger charge is -2.02. The van der Waals surface area contributed by atoms with Crippen molar-refractivity contribution in [1.82, 2.24) is 9.97 Å². The molecule has 0 aliphatic carbocycles. The number of nitrogens with one attached hydrogen (secondary N) is 1. The highest BCUT2D eigenvalue weighted by molar-refractivity contribution is 7.99. The Morgan fingerprint density at radius 1 is 0.955 bits per heavy atom. The first-order valence-electron chi connectivity index (χ1n) is 7.33. The van der Waals surface area contributed by atoms with Crippen molar-refractivity contribution >= 4 is 11.8 Å². The first-order chi connectivity index (χ1) is 10.9. The van der Waals surface area contributed by atoms with Crippen LogP contribution < -0.4 is 0 Å². The average Bonchev–Trinajstić information content (AvgIpc) is 3.01. The molecule has 0 spiro atoms. The highest BCUT2D eigenvalue weighted by Crippen LogP contribution is 2.32. The summed E-state index contributed by atoms with van der Waals surface area (Å²) in [5.41, 5.74) is 4.38. The van der Waals surface area contributed by atoms with E-state index >= 15 is 0 Å². The molecular formula is C19H18N2S. The normalized spacial score (nSPS) is 11.1. The van der Waals surface area contributed by atoms with Crippen molar-refractivity contribution < 1.29 is 0 Å². The van der Waals surface area contributed by atoms with Gasteiger partial charge in [-0.2, -0.15) is 0 Å². The minimum absolute atomic E-state index is 0.923. The van der Waals surface area contributed by atoms with Gasteiger partial charge in [0.25, 0.3) is 0 Å². The summed E-state index contributed by atoms with van der Waals surface area (Å²) in [5, 5.41) is 0.954. The van der Waals surface area contributed by atoms with Gasteiger partial charge >= 0.3 is 0 Å². The fourth-order valence-corrected chi connectivity index (χ4v) is 3.04. The number of hydrogen-bond donors (Lipinski definition) is 1. The highest BCUT2D eigenvalue weighted by atomic mass is 32.2. The third kappa shape index (κ3) is 3.31. The Kier molecular flexibility index (Phi) is 4.76. The van der Waals surface area contributed by atoms with Gasteiger partial charge in [0.05, 0.1) is 11.4 Å². The molecule has 3 aromatic rings. The van der Waals surface area contributed by atoms with Gasteiger partial charge in [0.2, 0.25) is 0 Å². The van der Waals surface area contributed by atoms with Crippen LogP contribution in [0.3, 0.4) is 0 Å². The second-order valence-corrected chi connectivity index (χ2v) is 5.89. The first kappa shape index (κ1) is 14.7. The number of aromatic amines is 1. The second kappa shape index (κ2) is 7.14. The molecule has 0 aliphatic rings. The zero-order valence-electron chi connectivity index (χ0n) is 12.5. The zero-order chi connectivity index (χ0) is 15.2. The smallest absolute Gasteiger partial charge is 0.166 e. The van der Waals surface area contributed by atoms with E-state index in [-0.39, 0.29) is 0 Å². The number of hydrogen-bond acceptors (Lipinski definition) is 2. The fraction of sp³-hybridized carbons (Fsp3) is 0.105. The van der Waals surface area contributed by atoms with Crippen LogP contribution >= 0.6 is 11.8 Å². The van der Waals surface area contributed by atoms with Crippen LogP contribution in [0.1, 0.15) is 6.92 Å². The van der Waals surface area contributed by atoms with Gasteiger partial charge in [-0.1, -0.05) is 84.6 Å². The van der Waals surface area contributed by atoms with Crippen molar-refractivity contribution in [2.45, 2.75) is 12.1 Å². The Morgan fingerprint density at radius 2 is 1.59 bits per heavy atom. The number of benzene rings is 2. The maximum absolute atomic E-state index is 4.80. The SMILES string of the molecule is CC=CCSc1nc(-c2ccccc2)c(-c2ccccc2)[nH]1. The fourth-order valence-electron chi connectivity index (χ4n) is 2.26. The standard InChI is InChI=1S/C19H18N2S/c1-2-3-14-22-19-20-17(15-10-6-4-7-11-15)18(21-19)16-12-8-5-9-13-16/h2-13H,14H2,1H3,(H,20,21). The number of rotatable bonds is 5. The first-order valence-corrected chi connectivity index (χ1v) is 8.32. The van der Waals surface area contributed by atoms with E-state index < -0.39 is 0 Å². The van der Waals surface area contributed by atoms with Crippen molar-refractivity contribution in [3.8, 4) is 22.5 Å². The van der Waals surface area contributed by atoms with E-state index in [1.165, 1.54) is 0 Å². The van der Waals surface area contributed by atoms with E-state index in [4.69, 9.17) is 4.98 Å². The molecule has 1 aromatic heterocycles. The summed E-state index contributed by atoms with van der Waals surface area (Å²) in [6.07, 6.45) is 4.20. The maximum atomic E-state index is 4.80. The van der Waals surface area contributed by atoms with Crippen LogP contribution in [-0.2, 0) is 0 Å². The lowest BCUT2D eigenvalue weighted by atomic mass is 10.1. The molecule has 3 rings (SSSR count). The summed E-state index contributed by atoms with van der Waals surface area (Å²) >= 11 is 1.72. The molecule has 0 atom stereocenters. The largest absolute Gasteiger partial charge is 0.332 e. The molecule has 0 bridgehead atoms. The summed E-state index contributed by atoms with van der Waals surface area (Å²) in [5.74, 6) is 0.923. The Balaban J connectivity index is 2.02. The Morgan fingerprint density at radius 3 is 2.23 bits per heavy atom. The summed E-state index contributed by atoms with van der Waals surface area (Å²) in [7, 11) is 0. The van der Waals surface area contributed by atoms with Crippen molar-refractivity contribution in [2.24, 2.45) is 0 Å². The third-order valence-electron chi connectivity index (χ3n) is 3.34. The molecule has 1 N–H and O–H groups in total. The zero-order valence-corrected chi connectivity index (χ0v) is 13.3. The molecule has 0 aliphatic heterocycles. The number of imidazole rings is 1. The summed E-state index contributed by atoms with van der Waals surface area (Å²) in [6, 6.07) is 20.7. The van der Waals surface area contributed by atoms with Gasteiger partial charge in [0.15, 0.2) is 5.16 Å². The minimum Gasteiger partial charge on any atom is -0.332 e. The molecule has 110 valence electrons. The predicted octanol–water partition coefficient (Wildman–Crippen LogP) is 5.41. The second-order valence-electron chi connectivity index (χ2n) is 4.88. The number of nitrogens with zero attached hydrogens (tertiary/aromatic N) is 1. The molecule has 2 nitrogen and oxygen atoms in total. The number of thioether (sulfide) groups is 1. The van der Waals surface area contributed by atoms with Gasteiger partial charge in [-0.15, -0.1) is 0 Å². The van der Waals surface area contributed by atoms with Gasteiger partial charge in [-0.05, 0) is 6.92 Å². The van der Waals surface area contributed by atoms with Crippen LogP contribution in [0.2, 0.25) is 0 Å². The molecular weight excluding hydrogens is 288 g/mol. The molecule has 0 radical (unpaired) electrons. The van der Waals surface area contributed by atoms with Gasteiger partial charge in [-0.25, -0.2) is 4.98 Å². The molecule has 1 heterocycles. The van der Waals surface area contributed by atoms with E-state index in [0.717, 1.165) is 33.4 Å². The quantitative estimate of drug-likeness (QED) is 0.504. The summed E-state index contributed by atoms with van der Waals surface area (Å²) in [6.45, 7) is 2.04. The Bertz CT molecular complexity index is 689. The highest BCUT2D eigenvalue weighted by Gasteiger charge is 2.13. The molecule has 22 heavy (non-hydrogen) atoms. The number of aromatic nitrogens is 2. The maximum Gasteiger partial charge on any atom is 0.166 e. The number of H-pyrrole nitrogens is 1. The molecule has 0 amide bonds. The van der Waals surface area contributed by atoms with E-state index in [2.05, 4.69) is 53.5 Å². The van der Waals surface area contributed by atoms with Crippen molar-refractivity contribution in [3.63, 3.8) is 0 Å². The molecule has 0 saturated carbocycles. The third-order valence-corrected chi connectivity index (χ3v) is 4.17. The topological polar surface area (TPSA) is 28.7 Å². The minimum atomic E-state index is 0.923.